The molecule has 0 amide bonds. The highest BCUT2D eigenvalue weighted by Crippen LogP contribution is 2.34. The molecule has 3 heteroatoms. The third kappa shape index (κ3) is 1.28. The molecule has 1 aliphatic rings. The van der Waals surface area contributed by atoms with Gasteiger partial charge in [0.1, 0.15) is 5.75 Å². The number of fused-ring (bicyclic) bond motifs is 1. The van der Waals surface area contributed by atoms with E-state index < -0.39 is 0 Å². The van der Waals surface area contributed by atoms with Gasteiger partial charge >= 0.3 is 0 Å². The highest BCUT2D eigenvalue weighted by Gasteiger charge is 2.09. The first-order chi connectivity index (χ1) is 5.36. The predicted octanol–water partition coefficient (Wildman–Crippen LogP) is 1.75. The van der Waals surface area contributed by atoms with Crippen LogP contribution in [0.3, 0.4) is 0 Å². The van der Waals surface area contributed by atoms with Crippen LogP contribution in [-0.4, -0.2) is 12.4 Å². The first-order valence-corrected chi connectivity index (χ1v) is 4.50. The van der Waals surface area contributed by atoms with Crippen LogP contribution in [0, 0.1) is 0 Å². The van der Waals surface area contributed by atoms with E-state index in [0.29, 0.717) is 0 Å². The minimum atomic E-state index is 0.807. The number of nitrogens with two attached hydrogens (primary N) is 1. The molecule has 2 N–H and O–H groups in total. The van der Waals surface area contributed by atoms with Gasteiger partial charge in [-0.2, -0.15) is 0 Å². The Bertz CT molecular complexity index is 275. The van der Waals surface area contributed by atoms with Crippen LogP contribution >= 0.6 is 11.8 Å². The van der Waals surface area contributed by atoms with Gasteiger partial charge in [0.05, 0.1) is 11.5 Å². The van der Waals surface area contributed by atoms with Crippen LogP contribution < -0.4 is 10.5 Å². The zero-order valence-electron chi connectivity index (χ0n) is 6.04. The van der Waals surface area contributed by atoms with Crippen molar-refractivity contribution in [3.8, 4) is 5.75 Å². The average molecular weight is 167 g/mol. The van der Waals surface area contributed by atoms with Crippen LogP contribution in [0.5, 0.6) is 5.75 Å². The molecule has 2 nitrogen and oxygen atoms in total. The molecular formula is C8H9NOS. The van der Waals surface area contributed by atoms with Gasteiger partial charge in [-0.1, -0.05) is 0 Å². The summed E-state index contributed by atoms with van der Waals surface area (Å²) in [7, 11) is 0. The third-order valence-corrected chi connectivity index (χ3v) is 2.57. The molecule has 0 atom stereocenters. The Morgan fingerprint density at radius 2 is 2.36 bits per heavy atom. The number of benzene rings is 1. The van der Waals surface area contributed by atoms with E-state index in [9.17, 15) is 0 Å². The molecular weight excluding hydrogens is 158 g/mol. The van der Waals surface area contributed by atoms with E-state index in [1.165, 1.54) is 0 Å². The lowest BCUT2D eigenvalue weighted by Crippen LogP contribution is -2.06. The second-order valence-corrected chi connectivity index (χ2v) is 3.54. The summed E-state index contributed by atoms with van der Waals surface area (Å²) >= 11 is 1.80. The van der Waals surface area contributed by atoms with Crippen molar-refractivity contribution in [2.24, 2.45) is 0 Å². The predicted molar refractivity (Wildman–Crippen MR) is 47.1 cm³/mol. The lowest BCUT2D eigenvalue weighted by Gasteiger charge is -2.16. The molecule has 58 valence electrons. The quantitative estimate of drug-likeness (QED) is 0.598. The van der Waals surface area contributed by atoms with Crippen molar-refractivity contribution >= 4 is 17.4 Å². The van der Waals surface area contributed by atoms with Crippen molar-refractivity contribution in [1.29, 1.82) is 0 Å². The van der Waals surface area contributed by atoms with Gasteiger partial charge in [-0.3, -0.25) is 0 Å². The van der Waals surface area contributed by atoms with Gasteiger partial charge in [0, 0.05) is 11.4 Å². The summed E-state index contributed by atoms with van der Waals surface area (Å²) in [5, 5.41) is 0. The van der Waals surface area contributed by atoms with Crippen LogP contribution in [0.4, 0.5) is 5.69 Å². The van der Waals surface area contributed by atoms with E-state index in [2.05, 4.69) is 0 Å². The second-order valence-electron chi connectivity index (χ2n) is 2.40. The van der Waals surface area contributed by atoms with Crippen LogP contribution in [0.2, 0.25) is 0 Å². The fourth-order valence-corrected chi connectivity index (χ4v) is 1.94. The lowest BCUT2D eigenvalue weighted by molar-refractivity contribution is 0.330. The van der Waals surface area contributed by atoms with Crippen LogP contribution in [0.1, 0.15) is 0 Å². The molecule has 0 aliphatic carbocycles. The summed E-state index contributed by atoms with van der Waals surface area (Å²) in [5.41, 5.74) is 6.42. The van der Waals surface area contributed by atoms with Gasteiger partial charge in [-0.15, -0.1) is 11.8 Å². The maximum Gasteiger partial charge on any atom is 0.133 e. The Hall–Kier alpha value is -0.830. The number of ether oxygens (including phenoxy) is 1. The van der Waals surface area contributed by atoms with Crippen molar-refractivity contribution < 1.29 is 4.74 Å². The fraction of sp³-hybridized carbons (Fsp3) is 0.250. The molecule has 1 aliphatic heterocycles. The molecule has 0 bridgehead atoms. The summed E-state index contributed by atoms with van der Waals surface area (Å²) < 4.78 is 5.40. The van der Waals surface area contributed by atoms with Crippen LogP contribution in [-0.2, 0) is 0 Å². The minimum absolute atomic E-state index is 0.807. The molecule has 2 rings (SSSR count). The first kappa shape index (κ1) is 6.85. The van der Waals surface area contributed by atoms with Crippen molar-refractivity contribution in [1.82, 2.24) is 0 Å². The molecule has 1 heterocycles. The zero-order valence-corrected chi connectivity index (χ0v) is 6.86. The monoisotopic (exact) mass is 167 g/mol. The topological polar surface area (TPSA) is 35.2 Å². The minimum Gasteiger partial charge on any atom is -0.492 e. The molecule has 0 unspecified atom stereocenters. The van der Waals surface area contributed by atoms with Crippen LogP contribution in [0.15, 0.2) is 23.1 Å². The Balaban J connectivity index is 2.43. The summed E-state index contributed by atoms with van der Waals surface area (Å²) in [6.45, 7) is 0.807. The average Bonchev–Trinajstić information content (AvgIpc) is 2.04. The molecule has 11 heavy (non-hydrogen) atoms. The van der Waals surface area contributed by atoms with Gasteiger partial charge in [0.25, 0.3) is 0 Å². The smallest absolute Gasteiger partial charge is 0.133 e. The highest BCUT2D eigenvalue weighted by molar-refractivity contribution is 7.99. The Morgan fingerprint density at radius 3 is 3.27 bits per heavy atom. The maximum absolute atomic E-state index is 5.61. The van der Waals surface area contributed by atoms with E-state index in [0.717, 1.165) is 28.7 Å². The first-order valence-electron chi connectivity index (χ1n) is 3.51. The van der Waals surface area contributed by atoms with Gasteiger partial charge in [-0.05, 0) is 18.2 Å². The second kappa shape index (κ2) is 2.66. The van der Waals surface area contributed by atoms with Gasteiger partial charge in [0.15, 0.2) is 0 Å². The number of thioether (sulfide) groups is 1. The Kier molecular flexibility index (Phi) is 1.66. The van der Waals surface area contributed by atoms with E-state index in [4.69, 9.17) is 10.5 Å². The number of hydrogen-bond acceptors (Lipinski definition) is 3. The molecule has 0 saturated heterocycles. The van der Waals surface area contributed by atoms with Gasteiger partial charge in [-0.25, -0.2) is 0 Å². The van der Waals surface area contributed by atoms with E-state index in [-0.39, 0.29) is 0 Å². The Morgan fingerprint density at radius 1 is 1.45 bits per heavy atom. The molecule has 0 spiro atoms. The van der Waals surface area contributed by atoms with E-state index in [1.807, 2.05) is 18.2 Å². The molecule has 0 radical (unpaired) electrons. The van der Waals surface area contributed by atoms with Crippen molar-refractivity contribution in [2.75, 3.05) is 18.1 Å². The summed E-state index contributed by atoms with van der Waals surface area (Å²) in [5.74, 6) is 1.99. The Labute approximate surface area is 69.7 Å². The lowest BCUT2D eigenvalue weighted by atomic mass is 10.3. The molecule has 1 aromatic carbocycles. The summed E-state index contributed by atoms with van der Waals surface area (Å²) in [4.78, 5) is 1.16. The molecule has 1 aromatic rings. The van der Waals surface area contributed by atoms with Crippen molar-refractivity contribution in [2.45, 2.75) is 4.90 Å². The molecule has 0 fully saturated rings. The molecule has 0 aromatic heterocycles. The van der Waals surface area contributed by atoms with Gasteiger partial charge < -0.3 is 10.5 Å². The zero-order chi connectivity index (χ0) is 7.68. The van der Waals surface area contributed by atoms with E-state index >= 15 is 0 Å². The van der Waals surface area contributed by atoms with Crippen molar-refractivity contribution in [3.05, 3.63) is 18.2 Å². The highest BCUT2D eigenvalue weighted by atomic mass is 32.2. The van der Waals surface area contributed by atoms with E-state index in [1.54, 1.807) is 11.8 Å². The van der Waals surface area contributed by atoms with Crippen molar-refractivity contribution in [3.63, 3.8) is 0 Å². The van der Waals surface area contributed by atoms with Crippen LogP contribution in [0.25, 0.3) is 0 Å². The number of nitrogen functional groups attached to an aromatic ring is 1. The number of anilines is 1. The summed E-state index contributed by atoms with van der Waals surface area (Å²) in [6.07, 6.45) is 0. The third-order valence-electron chi connectivity index (χ3n) is 1.57. The largest absolute Gasteiger partial charge is 0.492 e. The fourth-order valence-electron chi connectivity index (χ4n) is 1.06. The van der Waals surface area contributed by atoms with Gasteiger partial charge in [0.2, 0.25) is 0 Å². The number of rotatable bonds is 0. The summed E-state index contributed by atoms with van der Waals surface area (Å²) in [6, 6.07) is 5.75. The normalized spacial score (nSPS) is 15.3. The number of hydrogen-bond donors (Lipinski definition) is 1. The standard InChI is InChI=1S/C8H9NOS/c9-6-1-2-7-8(5-6)11-4-3-10-7/h1-2,5H,3-4,9H2. The molecule has 0 saturated carbocycles. The SMILES string of the molecule is Nc1ccc2c(c1)SCCO2. The maximum atomic E-state index is 5.61.